The minimum Gasteiger partial charge on any atom is -0.481 e. The average molecular weight is 218 g/mol. The van der Waals surface area contributed by atoms with Crippen LogP contribution in [0.3, 0.4) is 0 Å². The molecule has 6 nitrogen and oxygen atoms in total. The highest BCUT2D eigenvalue weighted by atomic mass is 16.4. The third-order valence-corrected chi connectivity index (χ3v) is 1.89. The highest BCUT2D eigenvalue weighted by Gasteiger charge is 2.22. The molecule has 1 amide bonds. The van der Waals surface area contributed by atoms with Crippen molar-refractivity contribution >= 4 is 11.9 Å². The molecule has 0 aliphatic carbocycles. The number of aliphatic hydroxyl groups is 1. The lowest BCUT2D eigenvalue weighted by atomic mass is 10.2. The van der Waals surface area contributed by atoms with Crippen molar-refractivity contribution in [3.8, 4) is 0 Å². The summed E-state index contributed by atoms with van der Waals surface area (Å²) in [5.41, 5.74) is 5.43. The Hall–Kier alpha value is -1.14. The van der Waals surface area contributed by atoms with E-state index in [0.717, 1.165) is 6.42 Å². The van der Waals surface area contributed by atoms with Gasteiger partial charge in [-0.1, -0.05) is 6.92 Å². The Kier molecular flexibility index (Phi) is 6.64. The van der Waals surface area contributed by atoms with Crippen LogP contribution < -0.4 is 5.73 Å². The number of carboxylic acids is 1. The molecule has 0 aromatic carbocycles. The first-order valence-corrected chi connectivity index (χ1v) is 4.90. The number of carboxylic acid groups (broad SMARTS) is 1. The van der Waals surface area contributed by atoms with Crippen molar-refractivity contribution in [2.75, 3.05) is 19.7 Å². The van der Waals surface area contributed by atoms with Crippen molar-refractivity contribution in [1.29, 1.82) is 0 Å². The molecule has 0 spiro atoms. The Balaban J connectivity index is 4.27. The van der Waals surface area contributed by atoms with Gasteiger partial charge in [-0.05, 0) is 6.42 Å². The summed E-state index contributed by atoms with van der Waals surface area (Å²) in [6, 6.07) is -1.03. The second kappa shape index (κ2) is 7.19. The number of nitrogens with two attached hydrogens (primary N) is 1. The van der Waals surface area contributed by atoms with Crippen molar-refractivity contribution in [1.82, 2.24) is 4.90 Å². The molecule has 0 aromatic rings. The van der Waals surface area contributed by atoms with Gasteiger partial charge in [-0.25, -0.2) is 0 Å². The van der Waals surface area contributed by atoms with Gasteiger partial charge < -0.3 is 20.8 Å². The topological polar surface area (TPSA) is 104 Å². The van der Waals surface area contributed by atoms with Crippen LogP contribution in [-0.4, -0.2) is 52.7 Å². The predicted octanol–water partition coefficient (Wildman–Crippen LogP) is -0.981. The van der Waals surface area contributed by atoms with E-state index in [9.17, 15) is 9.59 Å². The van der Waals surface area contributed by atoms with E-state index in [-0.39, 0.29) is 19.6 Å². The molecule has 0 fully saturated rings. The molecule has 6 heteroatoms. The Labute approximate surface area is 88.7 Å². The molecule has 0 radical (unpaired) electrons. The minimum absolute atomic E-state index is 0.147. The third kappa shape index (κ3) is 5.34. The maximum absolute atomic E-state index is 11.6. The summed E-state index contributed by atoms with van der Waals surface area (Å²) in [7, 11) is 0. The number of amides is 1. The van der Waals surface area contributed by atoms with E-state index in [0.29, 0.717) is 6.54 Å². The summed E-state index contributed by atoms with van der Waals surface area (Å²) in [6.07, 6.45) is 0.357. The van der Waals surface area contributed by atoms with Gasteiger partial charge in [-0.3, -0.25) is 9.59 Å². The number of carbonyl (C=O) groups excluding carboxylic acids is 1. The lowest BCUT2D eigenvalue weighted by molar-refractivity contribution is -0.142. The van der Waals surface area contributed by atoms with Crippen LogP contribution in [0.1, 0.15) is 19.8 Å². The third-order valence-electron chi connectivity index (χ3n) is 1.89. The second-order valence-corrected chi connectivity index (χ2v) is 3.25. The molecular formula is C9H18N2O4. The fraction of sp³-hybridized carbons (Fsp3) is 0.778. The molecule has 15 heavy (non-hydrogen) atoms. The molecule has 1 atom stereocenters. The summed E-state index contributed by atoms with van der Waals surface area (Å²) < 4.78 is 0. The summed E-state index contributed by atoms with van der Waals surface area (Å²) in [5.74, 6) is -1.52. The normalized spacial score (nSPS) is 12.2. The first-order chi connectivity index (χ1) is 7.02. The van der Waals surface area contributed by atoms with E-state index < -0.39 is 17.9 Å². The van der Waals surface area contributed by atoms with Crippen LogP contribution in [0.2, 0.25) is 0 Å². The molecule has 4 N–H and O–H groups in total. The number of rotatable bonds is 7. The van der Waals surface area contributed by atoms with Crippen LogP contribution in [0.15, 0.2) is 0 Å². The summed E-state index contributed by atoms with van der Waals surface area (Å²) in [6.45, 7) is 2.42. The lowest BCUT2D eigenvalue weighted by Crippen LogP contribution is -2.46. The standard InChI is InChI=1S/C9H18N2O4/c1-2-3-11(4-5-12)9(15)7(10)6-8(13)14/h7,12H,2-6,10H2,1H3,(H,13,14). The molecule has 0 rings (SSSR count). The van der Waals surface area contributed by atoms with Crippen LogP contribution in [0.5, 0.6) is 0 Å². The highest BCUT2D eigenvalue weighted by molar-refractivity contribution is 5.85. The number of carbonyl (C=O) groups is 2. The van der Waals surface area contributed by atoms with E-state index >= 15 is 0 Å². The molecule has 0 saturated carbocycles. The quantitative estimate of drug-likeness (QED) is 0.509. The van der Waals surface area contributed by atoms with E-state index in [2.05, 4.69) is 0 Å². The van der Waals surface area contributed by atoms with Crippen LogP contribution in [0.25, 0.3) is 0 Å². The van der Waals surface area contributed by atoms with Crippen molar-refractivity contribution in [2.45, 2.75) is 25.8 Å². The van der Waals surface area contributed by atoms with Gasteiger partial charge in [0, 0.05) is 13.1 Å². The van der Waals surface area contributed by atoms with Crippen LogP contribution in [-0.2, 0) is 9.59 Å². The van der Waals surface area contributed by atoms with E-state index in [1.807, 2.05) is 6.92 Å². The molecule has 1 unspecified atom stereocenters. The average Bonchev–Trinajstić information content (AvgIpc) is 2.15. The number of hydrogen-bond donors (Lipinski definition) is 3. The Morgan fingerprint density at radius 1 is 1.40 bits per heavy atom. The Bertz CT molecular complexity index is 214. The highest BCUT2D eigenvalue weighted by Crippen LogP contribution is 1.99. The van der Waals surface area contributed by atoms with Crippen LogP contribution in [0, 0.1) is 0 Å². The van der Waals surface area contributed by atoms with Crippen molar-refractivity contribution in [2.24, 2.45) is 5.73 Å². The van der Waals surface area contributed by atoms with E-state index in [4.69, 9.17) is 15.9 Å². The number of nitrogens with zero attached hydrogens (tertiary/aromatic N) is 1. The van der Waals surface area contributed by atoms with Gasteiger partial charge in [-0.2, -0.15) is 0 Å². The first kappa shape index (κ1) is 13.9. The SMILES string of the molecule is CCCN(CCO)C(=O)C(N)CC(=O)O. The zero-order chi connectivity index (χ0) is 11.8. The first-order valence-electron chi connectivity index (χ1n) is 4.90. The number of hydrogen-bond acceptors (Lipinski definition) is 4. The second-order valence-electron chi connectivity index (χ2n) is 3.25. The zero-order valence-corrected chi connectivity index (χ0v) is 8.85. The van der Waals surface area contributed by atoms with Crippen molar-refractivity contribution < 1.29 is 19.8 Å². The van der Waals surface area contributed by atoms with Crippen molar-refractivity contribution in [3.63, 3.8) is 0 Å². The molecule has 0 aliphatic rings. The predicted molar refractivity (Wildman–Crippen MR) is 54.2 cm³/mol. The summed E-state index contributed by atoms with van der Waals surface area (Å²) in [4.78, 5) is 23.3. The molecule has 0 bridgehead atoms. The summed E-state index contributed by atoms with van der Waals surface area (Å²) in [5, 5.41) is 17.2. The summed E-state index contributed by atoms with van der Waals surface area (Å²) >= 11 is 0. The van der Waals surface area contributed by atoms with Gasteiger partial charge in [-0.15, -0.1) is 0 Å². The zero-order valence-electron chi connectivity index (χ0n) is 8.85. The van der Waals surface area contributed by atoms with E-state index in [1.54, 1.807) is 0 Å². The van der Waals surface area contributed by atoms with Gasteiger partial charge in [0.15, 0.2) is 0 Å². The van der Waals surface area contributed by atoms with Gasteiger partial charge in [0.2, 0.25) is 5.91 Å². The Morgan fingerprint density at radius 2 is 2.00 bits per heavy atom. The molecule has 0 aliphatic heterocycles. The fourth-order valence-electron chi connectivity index (χ4n) is 1.23. The maximum Gasteiger partial charge on any atom is 0.305 e. The Morgan fingerprint density at radius 3 is 2.40 bits per heavy atom. The number of aliphatic carboxylic acids is 1. The minimum atomic E-state index is -1.10. The van der Waals surface area contributed by atoms with E-state index in [1.165, 1.54) is 4.90 Å². The largest absolute Gasteiger partial charge is 0.481 e. The number of aliphatic hydroxyl groups excluding tert-OH is 1. The lowest BCUT2D eigenvalue weighted by Gasteiger charge is -2.23. The van der Waals surface area contributed by atoms with Crippen LogP contribution in [0.4, 0.5) is 0 Å². The van der Waals surface area contributed by atoms with Crippen LogP contribution >= 0.6 is 0 Å². The molecule has 88 valence electrons. The van der Waals surface area contributed by atoms with Crippen molar-refractivity contribution in [3.05, 3.63) is 0 Å². The van der Waals surface area contributed by atoms with Gasteiger partial charge in [0.1, 0.15) is 0 Å². The maximum atomic E-state index is 11.6. The molecule has 0 heterocycles. The van der Waals surface area contributed by atoms with Gasteiger partial charge >= 0.3 is 5.97 Å². The molecule has 0 aromatic heterocycles. The fourth-order valence-corrected chi connectivity index (χ4v) is 1.23. The monoisotopic (exact) mass is 218 g/mol. The van der Waals surface area contributed by atoms with Gasteiger partial charge in [0.05, 0.1) is 19.1 Å². The smallest absolute Gasteiger partial charge is 0.305 e. The molecular weight excluding hydrogens is 200 g/mol. The molecule has 0 saturated heterocycles. The van der Waals surface area contributed by atoms with Gasteiger partial charge in [0.25, 0.3) is 0 Å².